The van der Waals surface area contributed by atoms with Crippen LogP contribution in [0.2, 0.25) is 0 Å². The van der Waals surface area contributed by atoms with E-state index in [0.29, 0.717) is 19.5 Å². The molecule has 5 nitrogen and oxygen atoms in total. The number of aromatic amines is 1. The molecule has 2 aromatic rings. The fourth-order valence-corrected chi connectivity index (χ4v) is 2.11. The first kappa shape index (κ1) is 14.4. The molecule has 1 unspecified atom stereocenters. The first-order valence-corrected chi connectivity index (χ1v) is 6.63. The highest BCUT2D eigenvalue weighted by molar-refractivity contribution is 5.85. The molecule has 0 bridgehead atoms. The van der Waals surface area contributed by atoms with Gasteiger partial charge in [-0.2, -0.15) is 5.26 Å². The lowest BCUT2D eigenvalue weighted by Gasteiger charge is -2.19. The van der Waals surface area contributed by atoms with Gasteiger partial charge in [-0.1, -0.05) is 6.07 Å². The van der Waals surface area contributed by atoms with Crippen LogP contribution in [0.5, 0.6) is 5.75 Å². The fourth-order valence-electron chi connectivity index (χ4n) is 2.11. The van der Waals surface area contributed by atoms with E-state index in [4.69, 9.17) is 10.00 Å². The van der Waals surface area contributed by atoms with E-state index in [-0.39, 0.29) is 6.61 Å². The van der Waals surface area contributed by atoms with Crippen LogP contribution in [-0.2, 0) is 0 Å². The topological polar surface area (TPSA) is 72.3 Å². The van der Waals surface area contributed by atoms with Crippen molar-refractivity contribution in [2.45, 2.75) is 12.5 Å². The number of fused-ring (bicyclic) bond motifs is 1. The van der Waals surface area contributed by atoms with Gasteiger partial charge in [-0.3, -0.25) is 0 Å². The molecule has 2 N–H and O–H groups in total. The van der Waals surface area contributed by atoms with Crippen LogP contribution in [0.3, 0.4) is 0 Å². The average molecular weight is 273 g/mol. The van der Waals surface area contributed by atoms with Crippen molar-refractivity contribution < 1.29 is 9.84 Å². The number of aliphatic hydroxyl groups excluding tert-OH is 1. The number of nitrogens with one attached hydrogen (secondary N) is 1. The van der Waals surface area contributed by atoms with Gasteiger partial charge in [0.05, 0.1) is 6.07 Å². The molecule has 0 aliphatic carbocycles. The fraction of sp³-hybridized carbons (Fsp3) is 0.400. The highest BCUT2D eigenvalue weighted by Gasteiger charge is 2.10. The van der Waals surface area contributed by atoms with Crippen LogP contribution >= 0.6 is 0 Å². The highest BCUT2D eigenvalue weighted by Crippen LogP contribution is 2.24. The number of H-pyrrole nitrogens is 1. The summed E-state index contributed by atoms with van der Waals surface area (Å²) in [6, 6.07) is 9.83. The average Bonchev–Trinajstić information content (AvgIpc) is 2.91. The number of aromatic nitrogens is 1. The third-order valence-corrected chi connectivity index (χ3v) is 3.11. The monoisotopic (exact) mass is 273 g/mol. The van der Waals surface area contributed by atoms with Gasteiger partial charge in [0, 0.05) is 36.6 Å². The van der Waals surface area contributed by atoms with Crippen LogP contribution in [0.1, 0.15) is 6.42 Å². The number of hydrogen-bond donors (Lipinski definition) is 2. The number of nitrogens with zero attached hydrogens (tertiary/aromatic N) is 2. The molecule has 0 aliphatic rings. The molecular formula is C15H19N3O2. The Morgan fingerprint density at radius 2 is 2.30 bits per heavy atom. The van der Waals surface area contributed by atoms with Crippen LogP contribution < -0.4 is 4.74 Å². The van der Waals surface area contributed by atoms with Crippen LogP contribution in [0.15, 0.2) is 30.5 Å². The van der Waals surface area contributed by atoms with E-state index in [9.17, 15) is 5.11 Å². The molecule has 2 rings (SSSR count). The molecule has 0 amide bonds. The molecule has 20 heavy (non-hydrogen) atoms. The van der Waals surface area contributed by atoms with Gasteiger partial charge in [-0.15, -0.1) is 0 Å². The van der Waals surface area contributed by atoms with Crippen molar-refractivity contribution in [1.82, 2.24) is 9.88 Å². The molecule has 0 saturated heterocycles. The Labute approximate surface area is 118 Å². The SMILES string of the molecule is CN(CCC#N)CC(O)COc1cccc2[nH]ccc12. The number of hydrogen-bond acceptors (Lipinski definition) is 4. The lowest BCUT2D eigenvalue weighted by atomic mass is 10.2. The summed E-state index contributed by atoms with van der Waals surface area (Å²) in [5, 5.41) is 19.5. The highest BCUT2D eigenvalue weighted by atomic mass is 16.5. The van der Waals surface area contributed by atoms with Gasteiger partial charge in [0.25, 0.3) is 0 Å². The minimum absolute atomic E-state index is 0.237. The maximum atomic E-state index is 9.95. The summed E-state index contributed by atoms with van der Waals surface area (Å²) < 4.78 is 5.68. The van der Waals surface area contributed by atoms with Gasteiger partial charge in [0.1, 0.15) is 18.5 Å². The first-order chi connectivity index (χ1) is 9.70. The molecular weight excluding hydrogens is 254 g/mol. The zero-order valence-electron chi connectivity index (χ0n) is 11.5. The van der Waals surface area contributed by atoms with Crippen molar-refractivity contribution >= 4 is 10.9 Å². The maximum absolute atomic E-state index is 9.95. The Bertz CT molecular complexity index is 588. The molecule has 1 heterocycles. The molecule has 1 aromatic carbocycles. The quantitative estimate of drug-likeness (QED) is 0.806. The summed E-state index contributed by atoms with van der Waals surface area (Å²) in [5.41, 5.74) is 1.02. The predicted molar refractivity (Wildman–Crippen MR) is 77.5 cm³/mol. The van der Waals surface area contributed by atoms with Crippen LogP contribution in [0.25, 0.3) is 10.9 Å². The van der Waals surface area contributed by atoms with Gasteiger partial charge >= 0.3 is 0 Å². The molecule has 0 radical (unpaired) electrons. The van der Waals surface area contributed by atoms with Gasteiger partial charge < -0.3 is 19.7 Å². The number of nitriles is 1. The molecule has 0 fully saturated rings. The predicted octanol–water partition coefficient (Wildman–Crippen LogP) is 1.75. The van der Waals surface area contributed by atoms with E-state index in [2.05, 4.69) is 11.1 Å². The van der Waals surface area contributed by atoms with E-state index in [1.165, 1.54) is 0 Å². The summed E-state index contributed by atoms with van der Waals surface area (Å²) in [5.74, 6) is 0.766. The second-order valence-electron chi connectivity index (χ2n) is 4.83. The lowest BCUT2D eigenvalue weighted by Crippen LogP contribution is -2.33. The second-order valence-corrected chi connectivity index (χ2v) is 4.83. The van der Waals surface area contributed by atoms with E-state index >= 15 is 0 Å². The summed E-state index contributed by atoms with van der Waals surface area (Å²) >= 11 is 0. The molecule has 1 atom stereocenters. The third-order valence-electron chi connectivity index (χ3n) is 3.11. The maximum Gasteiger partial charge on any atom is 0.128 e. The zero-order chi connectivity index (χ0) is 14.4. The Morgan fingerprint density at radius 1 is 1.45 bits per heavy atom. The summed E-state index contributed by atoms with van der Waals surface area (Å²) in [6.45, 7) is 1.38. The van der Waals surface area contributed by atoms with Gasteiger partial charge in [-0.25, -0.2) is 0 Å². The van der Waals surface area contributed by atoms with Crippen molar-refractivity contribution in [1.29, 1.82) is 5.26 Å². The Hall–Kier alpha value is -2.03. The summed E-state index contributed by atoms with van der Waals surface area (Å²) in [4.78, 5) is 5.05. The van der Waals surface area contributed by atoms with Crippen molar-refractivity contribution in [3.8, 4) is 11.8 Å². The zero-order valence-corrected chi connectivity index (χ0v) is 11.5. The Kier molecular flexibility index (Phi) is 4.99. The molecule has 106 valence electrons. The van der Waals surface area contributed by atoms with Crippen LogP contribution in [0.4, 0.5) is 0 Å². The first-order valence-electron chi connectivity index (χ1n) is 6.63. The molecule has 1 aromatic heterocycles. The molecule has 0 spiro atoms. The molecule has 0 aliphatic heterocycles. The Balaban J connectivity index is 1.86. The van der Waals surface area contributed by atoms with Gasteiger partial charge in [0.2, 0.25) is 0 Å². The van der Waals surface area contributed by atoms with E-state index in [0.717, 1.165) is 16.7 Å². The van der Waals surface area contributed by atoms with Gasteiger partial charge in [0.15, 0.2) is 0 Å². The lowest BCUT2D eigenvalue weighted by molar-refractivity contribution is 0.0776. The smallest absolute Gasteiger partial charge is 0.128 e. The van der Waals surface area contributed by atoms with Crippen molar-refractivity contribution in [2.24, 2.45) is 0 Å². The number of likely N-dealkylation sites (N-methyl/N-ethyl adjacent to an activating group) is 1. The van der Waals surface area contributed by atoms with Crippen LogP contribution in [-0.4, -0.2) is 47.8 Å². The van der Waals surface area contributed by atoms with Crippen molar-refractivity contribution in [2.75, 3.05) is 26.7 Å². The third kappa shape index (κ3) is 3.73. The number of rotatable bonds is 7. The standard InChI is InChI=1S/C15H19N3O2/c1-18(9-3-7-16)10-12(19)11-20-15-5-2-4-14-13(15)6-8-17-14/h2,4-6,8,12,17,19H,3,9-11H2,1H3. The number of benzene rings is 1. The molecule has 5 heteroatoms. The second kappa shape index (κ2) is 6.94. The summed E-state index contributed by atoms with van der Waals surface area (Å²) in [6.07, 6.45) is 1.75. The van der Waals surface area contributed by atoms with Crippen molar-refractivity contribution in [3.05, 3.63) is 30.5 Å². The van der Waals surface area contributed by atoms with Gasteiger partial charge in [-0.05, 0) is 25.2 Å². The minimum Gasteiger partial charge on any atom is -0.490 e. The van der Waals surface area contributed by atoms with E-state index in [1.54, 1.807) is 0 Å². The van der Waals surface area contributed by atoms with E-state index in [1.807, 2.05) is 42.4 Å². The largest absolute Gasteiger partial charge is 0.490 e. The minimum atomic E-state index is -0.576. The van der Waals surface area contributed by atoms with Crippen molar-refractivity contribution in [3.63, 3.8) is 0 Å². The summed E-state index contributed by atoms with van der Waals surface area (Å²) in [7, 11) is 1.88. The Morgan fingerprint density at radius 3 is 3.10 bits per heavy atom. The molecule has 0 saturated carbocycles. The van der Waals surface area contributed by atoms with E-state index < -0.39 is 6.10 Å². The number of ether oxygens (including phenoxy) is 1. The van der Waals surface area contributed by atoms with Crippen LogP contribution in [0, 0.1) is 11.3 Å². The normalized spacial score (nSPS) is 12.5. The number of aliphatic hydroxyl groups is 1.